The predicted octanol–water partition coefficient (Wildman–Crippen LogP) is 3.64. The Hall–Kier alpha value is -1.95. The van der Waals surface area contributed by atoms with Gasteiger partial charge in [0.15, 0.2) is 5.13 Å². The highest BCUT2D eigenvalue weighted by molar-refractivity contribution is 7.14. The summed E-state index contributed by atoms with van der Waals surface area (Å²) < 4.78 is 13.9. The molecule has 2 aromatic rings. The number of hydrogen-bond donors (Lipinski definition) is 1. The Kier molecular flexibility index (Phi) is 3.37. The van der Waals surface area contributed by atoms with E-state index in [4.69, 9.17) is 0 Å². The lowest BCUT2D eigenvalue weighted by atomic mass is 9.81. The van der Waals surface area contributed by atoms with E-state index in [-0.39, 0.29) is 11.7 Å². The smallest absolute Gasteiger partial charge is 0.311 e. The minimum absolute atomic E-state index is 0.195. The first-order valence-corrected chi connectivity index (χ1v) is 8.67. The van der Waals surface area contributed by atoms with Gasteiger partial charge in [-0.3, -0.25) is 4.79 Å². The highest BCUT2D eigenvalue weighted by Crippen LogP contribution is 2.50. The summed E-state index contributed by atoms with van der Waals surface area (Å²) in [5, 5.41) is 12.3. The van der Waals surface area contributed by atoms with Crippen LogP contribution in [0.1, 0.15) is 19.3 Å². The monoisotopic (exact) mass is 332 g/mol. The zero-order chi connectivity index (χ0) is 16.0. The van der Waals surface area contributed by atoms with Crippen LogP contribution in [0.2, 0.25) is 0 Å². The van der Waals surface area contributed by atoms with Gasteiger partial charge >= 0.3 is 5.97 Å². The summed E-state index contributed by atoms with van der Waals surface area (Å²) in [6.45, 7) is 1.24. The SMILES string of the molecule is O=C(O)[C@@]12CCC[C@H]1CN(c1nc(-c3ccccc3F)cs1)C2. The van der Waals surface area contributed by atoms with Gasteiger partial charge in [0, 0.05) is 24.0 Å². The van der Waals surface area contributed by atoms with Crippen molar-refractivity contribution in [1.29, 1.82) is 0 Å². The van der Waals surface area contributed by atoms with E-state index in [2.05, 4.69) is 9.88 Å². The third-order valence-corrected chi connectivity index (χ3v) is 6.11. The molecule has 120 valence electrons. The van der Waals surface area contributed by atoms with E-state index in [1.165, 1.54) is 17.4 Å². The number of anilines is 1. The number of nitrogens with zero attached hydrogens (tertiary/aromatic N) is 2. The number of aliphatic carboxylic acids is 1. The van der Waals surface area contributed by atoms with Crippen LogP contribution in [-0.4, -0.2) is 29.1 Å². The van der Waals surface area contributed by atoms with Crippen LogP contribution < -0.4 is 4.90 Å². The van der Waals surface area contributed by atoms with Crippen molar-refractivity contribution in [2.75, 3.05) is 18.0 Å². The zero-order valence-corrected chi connectivity index (χ0v) is 13.4. The van der Waals surface area contributed by atoms with Gasteiger partial charge in [0.1, 0.15) is 5.82 Å². The van der Waals surface area contributed by atoms with Crippen LogP contribution in [0.5, 0.6) is 0 Å². The third-order valence-electron chi connectivity index (χ3n) is 5.21. The summed E-state index contributed by atoms with van der Waals surface area (Å²) in [7, 11) is 0. The Morgan fingerprint density at radius 2 is 2.26 bits per heavy atom. The third kappa shape index (κ3) is 2.24. The number of aromatic nitrogens is 1. The lowest BCUT2D eigenvalue weighted by Gasteiger charge is -2.23. The van der Waals surface area contributed by atoms with Gasteiger partial charge in [-0.15, -0.1) is 11.3 Å². The van der Waals surface area contributed by atoms with Crippen LogP contribution in [0, 0.1) is 17.2 Å². The molecule has 2 aliphatic rings. The van der Waals surface area contributed by atoms with Crippen molar-refractivity contribution in [1.82, 2.24) is 4.98 Å². The van der Waals surface area contributed by atoms with Crippen LogP contribution >= 0.6 is 11.3 Å². The molecule has 0 radical (unpaired) electrons. The Labute approximate surface area is 137 Å². The molecule has 23 heavy (non-hydrogen) atoms. The van der Waals surface area contributed by atoms with Crippen molar-refractivity contribution in [2.24, 2.45) is 11.3 Å². The molecule has 1 aromatic heterocycles. The predicted molar refractivity (Wildman–Crippen MR) is 87.1 cm³/mol. The van der Waals surface area contributed by atoms with E-state index in [0.717, 1.165) is 30.9 Å². The van der Waals surface area contributed by atoms with Gasteiger partial charge in [0.05, 0.1) is 11.1 Å². The molecule has 0 bridgehead atoms. The minimum atomic E-state index is -0.687. The summed E-state index contributed by atoms with van der Waals surface area (Å²) in [6.07, 6.45) is 2.70. The second-order valence-corrected chi connectivity index (χ2v) is 7.26. The molecule has 2 heterocycles. The van der Waals surface area contributed by atoms with Crippen molar-refractivity contribution in [3.63, 3.8) is 0 Å². The summed E-state index contributed by atoms with van der Waals surface area (Å²) in [5.41, 5.74) is 0.482. The fourth-order valence-corrected chi connectivity index (χ4v) is 4.82. The molecule has 0 spiro atoms. The summed E-state index contributed by atoms with van der Waals surface area (Å²) >= 11 is 1.45. The number of hydrogen-bond acceptors (Lipinski definition) is 4. The molecule has 6 heteroatoms. The first-order chi connectivity index (χ1) is 11.1. The lowest BCUT2D eigenvalue weighted by Crippen LogP contribution is -2.35. The highest BCUT2D eigenvalue weighted by atomic mass is 32.1. The maximum absolute atomic E-state index is 13.9. The second-order valence-electron chi connectivity index (χ2n) is 6.43. The molecule has 1 saturated heterocycles. The molecule has 0 unspecified atom stereocenters. The van der Waals surface area contributed by atoms with E-state index >= 15 is 0 Å². The molecular weight excluding hydrogens is 315 g/mol. The summed E-state index contributed by atoms with van der Waals surface area (Å²) in [5.74, 6) is -0.779. The molecule has 1 aliphatic carbocycles. The van der Waals surface area contributed by atoms with E-state index in [9.17, 15) is 14.3 Å². The summed E-state index contributed by atoms with van der Waals surface area (Å²) in [4.78, 5) is 18.4. The van der Waals surface area contributed by atoms with Gasteiger partial charge in [-0.05, 0) is 30.9 Å². The van der Waals surface area contributed by atoms with Crippen molar-refractivity contribution in [3.8, 4) is 11.3 Å². The van der Waals surface area contributed by atoms with E-state index in [0.29, 0.717) is 17.8 Å². The Balaban J connectivity index is 1.62. The van der Waals surface area contributed by atoms with Gasteiger partial charge in [-0.2, -0.15) is 0 Å². The van der Waals surface area contributed by atoms with E-state index in [1.807, 2.05) is 5.38 Å². The standard InChI is InChI=1S/C17H17FN2O2S/c18-13-6-2-1-5-12(13)14-9-23-16(19-14)20-8-11-4-3-7-17(11,10-20)15(21)22/h1-2,5-6,9,11H,3-4,7-8,10H2,(H,21,22)/t11-,17+/m0/s1. The second kappa shape index (κ2) is 5.30. The Morgan fingerprint density at radius 3 is 3.00 bits per heavy atom. The quantitative estimate of drug-likeness (QED) is 0.932. The van der Waals surface area contributed by atoms with Crippen molar-refractivity contribution < 1.29 is 14.3 Å². The van der Waals surface area contributed by atoms with Gasteiger partial charge in [0.25, 0.3) is 0 Å². The summed E-state index contributed by atoms with van der Waals surface area (Å²) in [6, 6.07) is 6.58. The van der Waals surface area contributed by atoms with Crippen molar-refractivity contribution in [2.45, 2.75) is 19.3 Å². The lowest BCUT2D eigenvalue weighted by molar-refractivity contribution is -0.149. The highest BCUT2D eigenvalue weighted by Gasteiger charge is 2.55. The average Bonchev–Trinajstić information content (AvgIpc) is 3.21. The minimum Gasteiger partial charge on any atom is -0.481 e. The van der Waals surface area contributed by atoms with Gasteiger partial charge < -0.3 is 10.0 Å². The maximum Gasteiger partial charge on any atom is 0.311 e. The largest absolute Gasteiger partial charge is 0.481 e. The number of benzene rings is 1. The number of fused-ring (bicyclic) bond motifs is 1. The molecule has 1 aromatic carbocycles. The average molecular weight is 332 g/mol. The molecule has 1 aliphatic heterocycles. The number of carboxylic acid groups (broad SMARTS) is 1. The van der Waals surface area contributed by atoms with Crippen LogP contribution in [0.3, 0.4) is 0 Å². The molecule has 2 atom stereocenters. The Morgan fingerprint density at radius 1 is 1.43 bits per heavy atom. The van der Waals surface area contributed by atoms with Crippen LogP contribution in [0.25, 0.3) is 11.3 Å². The van der Waals surface area contributed by atoms with Gasteiger partial charge in [-0.25, -0.2) is 9.37 Å². The molecule has 4 rings (SSSR count). The fourth-order valence-electron chi connectivity index (χ4n) is 3.99. The maximum atomic E-state index is 13.9. The first-order valence-electron chi connectivity index (χ1n) is 7.79. The topological polar surface area (TPSA) is 53.4 Å². The van der Waals surface area contributed by atoms with Gasteiger partial charge in [0.2, 0.25) is 0 Å². The Bertz CT molecular complexity index is 763. The van der Waals surface area contributed by atoms with Crippen LogP contribution in [-0.2, 0) is 4.79 Å². The van der Waals surface area contributed by atoms with E-state index < -0.39 is 11.4 Å². The van der Waals surface area contributed by atoms with Crippen molar-refractivity contribution >= 4 is 22.4 Å². The van der Waals surface area contributed by atoms with Crippen molar-refractivity contribution in [3.05, 3.63) is 35.5 Å². The molecule has 4 nitrogen and oxygen atoms in total. The molecule has 1 saturated carbocycles. The molecule has 2 fully saturated rings. The zero-order valence-electron chi connectivity index (χ0n) is 12.5. The van der Waals surface area contributed by atoms with E-state index in [1.54, 1.807) is 18.2 Å². The number of carbonyl (C=O) groups is 1. The number of carboxylic acids is 1. The number of halogens is 1. The normalized spacial score (nSPS) is 26.5. The molecular formula is C17H17FN2O2S. The van der Waals surface area contributed by atoms with Gasteiger partial charge in [-0.1, -0.05) is 18.6 Å². The molecule has 1 N–H and O–H groups in total. The van der Waals surface area contributed by atoms with Crippen LogP contribution in [0.4, 0.5) is 9.52 Å². The molecule has 0 amide bonds. The van der Waals surface area contributed by atoms with Crippen LogP contribution in [0.15, 0.2) is 29.6 Å². The number of rotatable bonds is 3. The fraction of sp³-hybridized carbons (Fsp3) is 0.412. The first kappa shape index (κ1) is 14.6. The number of thiazole rings is 1.